The van der Waals surface area contributed by atoms with Gasteiger partial charge in [0.25, 0.3) is 0 Å². The van der Waals surface area contributed by atoms with Crippen molar-refractivity contribution in [2.24, 2.45) is 0 Å². The molecule has 20 heavy (non-hydrogen) atoms. The zero-order valence-electron chi connectivity index (χ0n) is 11.2. The van der Waals surface area contributed by atoms with Crippen LogP contribution < -0.4 is 5.32 Å². The smallest absolute Gasteiger partial charge is 0.159 e. The maximum Gasteiger partial charge on any atom is 0.159 e. The molecule has 0 aliphatic rings. The first-order valence-electron chi connectivity index (χ1n) is 6.15. The van der Waals surface area contributed by atoms with Gasteiger partial charge in [0, 0.05) is 22.5 Å². The maximum absolute atomic E-state index is 13.4. The average Bonchev–Trinajstić information content (AvgIpc) is 2.38. The molecule has 1 N–H and O–H groups in total. The van der Waals surface area contributed by atoms with Gasteiger partial charge in [0.1, 0.15) is 5.82 Å². The van der Waals surface area contributed by atoms with E-state index in [2.05, 4.69) is 5.32 Å². The fourth-order valence-electron chi connectivity index (χ4n) is 1.82. The van der Waals surface area contributed by atoms with Crippen LogP contribution in [0.3, 0.4) is 0 Å². The van der Waals surface area contributed by atoms with Gasteiger partial charge in [-0.15, -0.1) is 0 Å². The summed E-state index contributed by atoms with van der Waals surface area (Å²) < 4.78 is 13.4. The molecule has 0 spiro atoms. The molecular weight excluding hydrogens is 257 g/mol. The van der Waals surface area contributed by atoms with E-state index in [0.717, 1.165) is 5.69 Å². The van der Waals surface area contributed by atoms with E-state index in [-0.39, 0.29) is 11.6 Å². The van der Waals surface area contributed by atoms with Crippen LogP contribution in [-0.4, -0.2) is 11.6 Å². The lowest BCUT2D eigenvalue weighted by atomic mass is 10.1. The normalized spacial score (nSPS) is 10.2. The Kier molecular flexibility index (Phi) is 3.94. The number of hydrogen-bond donors (Lipinski definition) is 1. The summed E-state index contributed by atoms with van der Waals surface area (Å²) in [5.74, 6) is -0.679. The van der Waals surface area contributed by atoms with Crippen LogP contribution in [0.25, 0.3) is 0 Å². The first kappa shape index (κ1) is 13.9. The molecule has 2 aromatic rings. The Morgan fingerprint density at radius 1 is 0.850 bits per heavy atom. The van der Waals surface area contributed by atoms with E-state index in [0.29, 0.717) is 16.8 Å². The summed E-state index contributed by atoms with van der Waals surface area (Å²) >= 11 is 0. The van der Waals surface area contributed by atoms with E-state index < -0.39 is 5.82 Å². The number of rotatable bonds is 4. The summed E-state index contributed by atoms with van der Waals surface area (Å²) in [5, 5.41) is 3.00. The van der Waals surface area contributed by atoms with Crippen molar-refractivity contribution in [2.75, 3.05) is 5.32 Å². The topological polar surface area (TPSA) is 46.2 Å². The van der Waals surface area contributed by atoms with E-state index in [4.69, 9.17) is 0 Å². The van der Waals surface area contributed by atoms with Gasteiger partial charge in [-0.1, -0.05) is 0 Å². The Morgan fingerprint density at radius 3 is 2.00 bits per heavy atom. The first-order valence-corrected chi connectivity index (χ1v) is 6.15. The number of anilines is 2. The number of halogens is 1. The lowest BCUT2D eigenvalue weighted by Gasteiger charge is -2.08. The average molecular weight is 271 g/mol. The van der Waals surface area contributed by atoms with Crippen molar-refractivity contribution >= 4 is 22.9 Å². The van der Waals surface area contributed by atoms with Gasteiger partial charge in [-0.25, -0.2) is 4.39 Å². The summed E-state index contributed by atoms with van der Waals surface area (Å²) in [5.41, 5.74) is 2.13. The number of hydrogen-bond acceptors (Lipinski definition) is 3. The minimum Gasteiger partial charge on any atom is -0.355 e. The van der Waals surface area contributed by atoms with Gasteiger partial charge in [-0.2, -0.15) is 0 Å². The van der Waals surface area contributed by atoms with Crippen LogP contribution in [-0.2, 0) is 0 Å². The van der Waals surface area contributed by atoms with Crippen molar-refractivity contribution < 1.29 is 14.0 Å². The number of nitrogens with one attached hydrogen (secondary N) is 1. The molecule has 0 aliphatic carbocycles. The van der Waals surface area contributed by atoms with Gasteiger partial charge in [-0.3, -0.25) is 9.59 Å². The maximum atomic E-state index is 13.4. The highest BCUT2D eigenvalue weighted by Gasteiger charge is 2.05. The molecule has 2 rings (SSSR count). The van der Waals surface area contributed by atoms with Crippen LogP contribution in [0.15, 0.2) is 42.5 Å². The largest absolute Gasteiger partial charge is 0.355 e. The molecule has 0 saturated carbocycles. The highest BCUT2D eigenvalue weighted by molar-refractivity contribution is 5.95. The summed E-state index contributed by atoms with van der Waals surface area (Å²) in [6.07, 6.45) is 0. The fourth-order valence-corrected chi connectivity index (χ4v) is 1.82. The zero-order valence-corrected chi connectivity index (χ0v) is 11.2. The molecule has 0 aromatic heterocycles. The van der Waals surface area contributed by atoms with Gasteiger partial charge < -0.3 is 5.32 Å². The molecule has 2 aromatic carbocycles. The van der Waals surface area contributed by atoms with Gasteiger partial charge >= 0.3 is 0 Å². The quantitative estimate of drug-likeness (QED) is 0.856. The van der Waals surface area contributed by atoms with Crippen molar-refractivity contribution in [1.29, 1.82) is 0 Å². The highest BCUT2D eigenvalue weighted by atomic mass is 19.1. The number of ketones is 2. The van der Waals surface area contributed by atoms with E-state index >= 15 is 0 Å². The molecule has 0 amide bonds. The third kappa shape index (κ3) is 3.29. The molecular formula is C16H14FNO2. The molecule has 0 saturated heterocycles. The lowest BCUT2D eigenvalue weighted by molar-refractivity contribution is 0.100. The van der Waals surface area contributed by atoms with E-state index in [1.165, 1.54) is 26.0 Å². The van der Waals surface area contributed by atoms with Crippen LogP contribution in [0.4, 0.5) is 15.8 Å². The van der Waals surface area contributed by atoms with Crippen LogP contribution in [0.2, 0.25) is 0 Å². The molecule has 0 heterocycles. The van der Waals surface area contributed by atoms with Crippen molar-refractivity contribution in [3.8, 4) is 0 Å². The minimum atomic E-state index is -0.472. The van der Waals surface area contributed by atoms with Gasteiger partial charge in [0.2, 0.25) is 0 Å². The minimum absolute atomic E-state index is 0.0128. The van der Waals surface area contributed by atoms with Crippen LogP contribution in [0.1, 0.15) is 34.6 Å². The second kappa shape index (κ2) is 5.65. The predicted molar refractivity (Wildman–Crippen MR) is 76.1 cm³/mol. The summed E-state index contributed by atoms with van der Waals surface area (Å²) in [4.78, 5) is 22.5. The van der Waals surface area contributed by atoms with Crippen LogP contribution >= 0.6 is 0 Å². The summed E-state index contributed by atoms with van der Waals surface area (Å²) in [6, 6.07) is 10.9. The Hall–Kier alpha value is -2.49. The molecule has 3 nitrogen and oxygen atoms in total. The molecule has 4 heteroatoms. The zero-order chi connectivity index (χ0) is 14.7. The van der Waals surface area contributed by atoms with Gasteiger partial charge in [0.05, 0.1) is 0 Å². The second-order valence-electron chi connectivity index (χ2n) is 4.54. The Morgan fingerprint density at radius 2 is 1.45 bits per heavy atom. The molecule has 0 radical (unpaired) electrons. The van der Waals surface area contributed by atoms with Crippen molar-refractivity contribution in [1.82, 2.24) is 0 Å². The lowest BCUT2D eigenvalue weighted by Crippen LogP contribution is -1.98. The van der Waals surface area contributed by atoms with Gasteiger partial charge in [0.15, 0.2) is 11.6 Å². The number of carbonyl (C=O) groups is 2. The number of Topliss-reactive ketones (excluding diaryl/α,β-unsaturated/α-hetero) is 2. The Bertz CT molecular complexity index is 663. The molecule has 0 unspecified atom stereocenters. The van der Waals surface area contributed by atoms with E-state index in [1.54, 1.807) is 30.3 Å². The van der Waals surface area contributed by atoms with Crippen LogP contribution in [0, 0.1) is 5.82 Å². The molecule has 0 bridgehead atoms. The third-order valence-corrected chi connectivity index (χ3v) is 2.88. The second-order valence-corrected chi connectivity index (χ2v) is 4.54. The molecule has 0 fully saturated rings. The number of benzene rings is 2. The van der Waals surface area contributed by atoms with Crippen LogP contribution in [0.5, 0.6) is 0 Å². The SMILES string of the molecule is CC(=O)c1ccc(Nc2cc(F)cc(C(C)=O)c2)cc1. The monoisotopic (exact) mass is 271 g/mol. The first-order chi connectivity index (χ1) is 9.45. The van der Waals surface area contributed by atoms with Crippen molar-refractivity contribution in [3.63, 3.8) is 0 Å². The third-order valence-electron chi connectivity index (χ3n) is 2.88. The molecule has 0 aliphatic heterocycles. The van der Waals surface area contributed by atoms with Crippen molar-refractivity contribution in [2.45, 2.75) is 13.8 Å². The van der Waals surface area contributed by atoms with Crippen molar-refractivity contribution in [3.05, 3.63) is 59.4 Å². The molecule has 102 valence electrons. The Balaban J connectivity index is 2.25. The van der Waals surface area contributed by atoms with E-state index in [9.17, 15) is 14.0 Å². The van der Waals surface area contributed by atoms with E-state index in [1.807, 2.05) is 0 Å². The standard InChI is InChI=1S/C16H14FNO2/c1-10(19)12-3-5-15(6-4-12)18-16-8-13(11(2)20)7-14(17)9-16/h3-9,18H,1-2H3. The number of carbonyl (C=O) groups excluding carboxylic acids is 2. The summed E-state index contributed by atoms with van der Waals surface area (Å²) in [7, 11) is 0. The fraction of sp³-hybridized carbons (Fsp3) is 0.125. The predicted octanol–water partition coefficient (Wildman–Crippen LogP) is 3.97. The Labute approximate surface area is 116 Å². The summed E-state index contributed by atoms with van der Waals surface area (Å²) in [6.45, 7) is 2.88. The highest BCUT2D eigenvalue weighted by Crippen LogP contribution is 2.20. The molecule has 0 atom stereocenters. The van der Waals surface area contributed by atoms with Gasteiger partial charge in [-0.05, 0) is 56.3 Å².